The number of hydrogen-bond donors (Lipinski definition) is 1. The summed E-state index contributed by atoms with van der Waals surface area (Å²) in [5.74, 6) is 0.358. The van der Waals surface area contributed by atoms with Crippen LogP contribution in [0.3, 0.4) is 0 Å². The van der Waals surface area contributed by atoms with Gasteiger partial charge in [0.05, 0.1) is 0 Å². The molecule has 2 amide bonds. The molecule has 0 aromatic carbocycles. The van der Waals surface area contributed by atoms with E-state index in [-0.39, 0.29) is 6.03 Å². The number of amides is 2. The van der Waals surface area contributed by atoms with Gasteiger partial charge in [-0.3, -0.25) is 5.32 Å². The summed E-state index contributed by atoms with van der Waals surface area (Å²) in [4.78, 5) is 13.2. The Labute approximate surface area is 74.9 Å². The Bertz CT molecular complexity index is 279. The molecule has 1 N–H and O–H groups in total. The van der Waals surface area contributed by atoms with Gasteiger partial charge in [0.15, 0.2) is 12.1 Å². The molecule has 1 fully saturated rings. The molecule has 1 aromatic heterocycles. The fourth-order valence-corrected chi connectivity index (χ4v) is 1.33. The van der Waals surface area contributed by atoms with Crippen molar-refractivity contribution in [1.29, 1.82) is 0 Å². The third-order valence-corrected chi connectivity index (χ3v) is 1.99. The van der Waals surface area contributed by atoms with Crippen LogP contribution in [-0.4, -0.2) is 34.4 Å². The SMILES string of the molecule is O=C(Nc1conn1)N1CCCC1. The molecule has 0 radical (unpaired) electrons. The maximum atomic E-state index is 11.4. The highest BCUT2D eigenvalue weighted by Crippen LogP contribution is 2.09. The lowest BCUT2D eigenvalue weighted by atomic mass is 10.4. The summed E-state index contributed by atoms with van der Waals surface area (Å²) in [5.41, 5.74) is 0. The zero-order valence-electron chi connectivity index (χ0n) is 7.06. The van der Waals surface area contributed by atoms with Gasteiger partial charge in [-0.2, -0.15) is 0 Å². The van der Waals surface area contributed by atoms with Crippen LogP contribution in [-0.2, 0) is 0 Å². The van der Waals surface area contributed by atoms with Gasteiger partial charge in [0, 0.05) is 18.4 Å². The first-order chi connectivity index (χ1) is 6.36. The van der Waals surface area contributed by atoms with Crippen LogP contribution in [0.4, 0.5) is 10.6 Å². The highest BCUT2D eigenvalue weighted by molar-refractivity contribution is 5.88. The summed E-state index contributed by atoms with van der Waals surface area (Å²) >= 11 is 0. The van der Waals surface area contributed by atoms with Gasteiger partial charge in [0.2, 0.25) is 0 Å². The lowest BCUT2D eigenvalue weighted by Crippen LogP contribution is -2.32. The van der Waals surface area contributed by atoms with Crippen LogP contribution in [0, 0.1) is 0 Å². The van der Waals surface area contributed by atoms with Gasteiger partial charge in [-0.1, -0.05) is 5.10 Å². The fraction of sp³-hybridized carbons (Fsp3) is 0.571. The predicted octanol–water partition coefficient (Wildman–Crippen LogP) is 0.697. The summed E-state index contributed by atoms with van der Waals surface area (Å²) in [6.45, 7) is 1.63. The Morgan fingerprint density at radius 1 is 1.54 bits per heavy atom. The van der Waals surface area contributed by atoms with E-state index in [4.69, 9.17) is 0 Å². The van der Waals surface area contributed by atoms with Crippen molar-refractivity contribution in [2.75, 3.05) is 18.4 Å². The van der Waals surface area contributed by atoms with Crippen LogP contribution in [0.15, 0.2) is 10.8 Å². The van der Waals surface area contributed by atoms with E-state index in [1.165, 1.54) is 6.26 Å². The number of hydrogen-bond acceptors (Lipinski definition) is 4. The summed E-state index contributed by atoms with van der Waals surface area (Å²) in [7, 11) is 0. The summed E-state index contributed by atoms with van der Waals surface area (Å²) in [6, 6.07) is -0.131. The molecule has 1 aliphatic heterocycles. The second-order valence-corrected chi connectivity index (χ2v) is 2.91. The normalized spacial score (nSPS) is 16.2. The van der Waals surface area contributed by atoms with Gasteiger partial charge in [0.25, 0.3) is 0 Å². The molecule has 1 saturated heterocycles. The van der Waals surface area contributed by atoms with Crippen LogP contribution in [0.2, 0.25) is 0 Å². The Hall–Kier alpha value is -1.59. The number of likely N-dealkylation sites (tertiary alicyclic amines) is 1. The van der Waals surface area contributed by atoms with E-state index in [2.05, 4.69) is 20.2 Å². The van der Waals surface area contributed by atoms with Crippen molar-refractivity contribution in [1.82, 2.24) is 15.3 Å². The maximum Gasteiger partial charge on any atom is 0.323 e. The van der Waals surface area contributed by atoms with Crippen molar-refractivity contribution in [3.8, 4) is 0 Å². The number of rotatable bonds is 1. The molecule has 0 saturated carbocycles. The maximum absolute atomic E-state index is 11.4. The first-order valence-electron chi connectivity index (χ1n) is 4.19. The number of carbonyl (C=O) groups excluding carboxylic acids is 1. The Balaban J connectivity index is 1.91. The van der Waals surface area contributed by atoms with Gasteiger partial charge in [0.1, 0.15) is 0 Å². The number of urea groups is 1. The minimum Gasteiger partial charge on any atom is -0.343 e. The third-order valence-electron chi connectivity index (χ3n) is 1.99. The lowest BCUT2D eigenvalue weighted by Gasteiger charge is -2.13. The minimum absolute atomic E-state index is 0.131. The average Bonchev–Trinajstić information content (AvgIpc) is 2.74. The average molecular weight is 182 g/mol. The standard InChI is InChI=1S/C7H10N4O2/c12-7(11-3-1-2-4-11)8-6-5-13-10-9-6/h5H,1-4H2,(H,8,12). The molecule has 0 aliphatic carbocycles. The van der Waals surface area contributed by atoms with Gasteiger partial charge < -0.3 is 9.42 Å². The van der Waals surface area contributed by atoms with Crippen LogP contribution < -0.4 is 5.32 Å². The number of carbonyl (C=O) groups is 1. The third kappa shape index (κ3) is 1.77. The van der Waals surface area contributed by atoms with Crippen LogP contribution in [0.25, 0.3) is 0 Å². The molecule has 6 heteroatoms. The van der Waals surface area contributed by atoms with Crippen molar-refractivity contribution in [2.24, 2.45) is 0 Å². The molecule has 2 rings (SSSR count). The summed E-state index contributed by atoms with van der Waals surface area (Å²) in [6.07, 6.45) is 3.45. The highest BCUT2D eigenvalue weighted by Gasteiger charge is 2.18. The molecular weight excluding hydrogens is 172 g/mol. The van der Waals surface area contributed by atoms with E-state index >= 15 is 0 Å². The lowest BCUT2D eigenvalue weighted by molar-refractivity contribution is 0.222. The van der Waals surface area contributed by atoms with Crippen LogP contribution >= 0.6 is 0 Å². The molecule has 6 nitrogen and oxygen atoms in total. The fourth-order valence-electron chi connectivity index (χ4n) is 1.33. The summed E-state index contributed by atoms with van der Waals surface area (Å²) in [5, 5.41) is 9.38. The topological polar surface area (TPSA) is 71.3 Å². The van der Waals surface area contributed by atoms with E-state index in [1.54, 1.807) is 4.90 Å². The van der Waals surface area contributed by atoms with Gasteiger partial charge in [-0.15, -0.1) is 0 Å². The van der Waals surface area contributed by atoms with Crippen molar-refractivity contribution in [3.63, 3.8) is 0 Å². The van der Waals surface area contributed by atoms with Crippen molar-refractivity contribution >= 4 is 11.8 Å². The second kappa shape index (κ2) is 3.42. The quantitative estimate of drug-likeness (QED) is 0.693. The van der Waals surface area contributed by atoms with E-state index in [1.807, 2.05) is 0 Å². The van der Waals surface area contributed by atoms with E-state index < -0.39 is 0 Å². The largest absolute Gasteiger partial charge is 0.343 e. The molecule has 1 aliphatic rings. The van der Waals surface area contributed by atoms with E-state index in [0.29, 0.717) is 5.82 Å². The highest BCUT2D eigenvalue weighted by atomic mass is 16.5. The smallest absolute Gasteiger partial charge is 0.323 e. The number of nitrogens with zero attached hydrogens (tertiary/aromatic N) is 3. The van der Waals surface area contributed by atoms with Crippen LogP contribution in [0.1, 0.15) is 12.8 Å². The van der Waals surface area contributed by atoms with Crippen molar-refractivity contribution in [2.45, 2.75) is 12.8 Å². The minimum atomic E-state index is -0.131. The molecule has 0 unspecified atom stereocenters. The van der Waals surface area contributed by atoms with Crippen molar-refractivity contribution in [3.05, 3.63) is 6.26 Å². The zero-order valence-corrected chi connectivity index (χ0v) is 7.06. The van der Waals surface area contributed by atoms with Crippen LogP contribution in [0.5, 0.6) is 0 Å². The van der Waals surface area contributed by atoms with Gasteiger partial charge >= 0.3 is 6.03 Å². The van der Waals surface area contributed by atoms with Gasteiger partial charge in [-0.25, -0.2) is 4.79 Å². The second-order valence-electron chi connectivity index (χ2n) is 2.91. The number of aromatic nitrogens is 2. The zero-order chi connectivity index (χ0) is 9.10. The Kier molecular flexibility index (Phi) is 2.11. The molecule has 70 valence electrons. The molecule has 2 heterocycles. The molecule has 0 bridgehead atoms. The van der Waals surface area contributed by atoms with E-state index in [9.17, 15) is 4.79 Å². The molecule has 13 heavy (non-hydrogen) atoms. The molecule has 0 atom stereocenters. The van der Waals surface area contributed by atoms with Gasteiger partial charge in [-0.05, 0) is 12.8 Å². The monoisotopic (exact) mass is 182 g/mol. The summed E-state index contributed by atoms with van der Waals surface area (Å²) < 4.78 is 4.48. The molecule has 1 aromatic rings. The van der Waals surface area contributed by atoms with Crippen molar-refractivity contribution < 1.29 is 9.32 Å². The van der Waals surface area contributed by atoms with E-state index in [0.717, 1.165) is 25.9 Å². The Morgan fingerprint density at radius 3 is 2.92 bits per heavy atom. The first kappa shape index (κ1) is 8.03. The Morgan fingerprint density at radius 2 is 2.31 bits per heavy atom. The number of nitrogens with one attached hydrogen (secondary N) is 1. The predicted molar refractivity (Wildman–Crippen MR) is 44.1 cm³/mol. The molecular formula is C7H10N4O2. The first-order valence-corrected chi connectivity index (χ1v) is 4.19. The molecule has 0 spiro atoms. The number of anilines is 1.